The molecule has 0 radical (unpaired) electrons. The first-order valence-electron chi connectivity index (χ1n) is 10.0. The summed E-state index contributed by atoms with van der Waals surface area (Å²) in [6.07, 6.45) is 1.40. The second kappa shape index (κ2) is 12.4. The van der Waals surface area contributed by atoms with E-state index in [1.54, 1.807) is 48.5 Å². The van der Waals surface area contributed by atoms with Gasteiger partial charge in [-0.05, 0) is 48.0 Å². The second-order valence-corrected chi connectivity index (χ2v) is 10.0. The lowest BCUT2D eigenvalue weighted by molar-refractivity contribution is -0.146. The van der Waals surface area contributed by atoms with Crippen LogP contribution in [0.15, 0.2) is 94.1 Å². The highest BCUT2D eigenvalue weighted by Crippen LogP contribution is 2.33. The standard InChI is InChI=1S/C24H21ClN2O5S2/c25-19-10-12-20(13-11-19)33-22-9-5-4-8-21(22)27-23(28)17-32-24(29)16-26-34(30,31)15-14-18-6-2-1-3-7-18/h1-15,26H,16-17H2,(H,27,28)/b15-14+. The summed E-state index contributed by atoms with van der Waals surface area (Å²) in [6.45, 7) is -1.15. The maximum Gasteiger partial charge on any atom is 0.321 e. The number of nitrogens with one attached hydrogen (secondary N) is 2. The van der Waals surface area contributed by atoms with E-state index in [1.807, 2.05) is 30.3 Å². The Morgan fingerprint density at radius 3 is 2.35 bits per heavy atom. The van der Waals surface area contributed by atoms with Crippen molar-refractivity contribution in [2.24, 2.45) is 0 Å². The van der Waals surface area contributed by atoms with Crippen LogP contribution in [0.2, 0.25) is 5.02 Å². The molecule has 10 heteroatoms. The number of carbonyl (C=O) groups is 2. The largest absolute Gasteiger partial charge is 0.455 e. The molecule has 0 fully saturated rings. The molecule has 0 bridgehead atoms. The number of carbonyl (C=O) groups excluding carboxylic acids is 2. The third-order valence-corrected chi connectivity index (χ3v) is 6.60. The number of amides is 1. The van der Waals surface area contributed by atoms with E-state index in [0.717, 1.165) is 15.2 Å². The summed E-state index contributed by atoms with van der Waals surface area (Å²) in [5.74, 6) is -1.43. The van der Waals surface area contributed by atoms with E-state index in [9.17, 15) is 18.0 Å². The van der Waals surface area contributed by atoms with Gasteiger partial charge in [0.2, 0.25) is 10.0 Å². The summed E-state index contributed by atoms with van der Waals surface area (Å²) < 4.78 is 31.0. The third-order valence-electron chi connectivity index (χ3n) is 4.22. The van der Waals surface area contributed by atoms with E-state index in [4.69, 9.17) is 16.3 Å². The van der Waals surface area contributed by atoms with Gasteiger partial charge in [-0.15, -0.1) is 0 Å². The van der Waals surface area contributed by atoms with Gasteiger partial charge >= 0.3 is 5.97 Å². The van der Waals surface area contributed by atoms with Crippen molar-refractivity contribution in [2.75, 3.05) is 18.5 Å². The zero-order chi connectivity index (χ0) is 24.4. The maximum absolute atomic E-state index is 12.3. The van der Waals surface area contributed by atoms with Crippen molar-refractivity contribution < 1.29 is 22.7 Å². The molecule has 34 heavy (non-hydrogen) atoms. The molecule has 0 spiro atoms. The summed E-state index contributed by atoms with van der Waals surface area (Å²) in [4.78, 5) is 25.9. The summed E-state index contributed by atoms with van der Waals surface area (Å²) in [5, 5.41) is 4.28. The predicted octanol–water partition coefficient (Wildman–Crippen LogP) is 4.56. The zero-order valence-corrected chi connectivity index (χ0v) is 20.2. The van der Waals surface area contributed by atoms with Crippen molar-refractivity contribution in [1.82, 2.24) is 4.72 Å². The molecule has 0 atom stereocenters. The van der Waals surface area contributed by atoms with Crippen LogP contribution in [0.25, 0.3) is 6.08 Å². The Balaban J connectivity index is 1.47. The topological polar surface area (TPSA) is 102 Å². The SMILES string of the molecule is O=C(COC(=O)CNS(=O)(=O)/C=C/c1ccccc1)Nc1ccccc1Sc1ccc(Cl)cc1. The monoisotopic (exact) mass is 516 g/mol. The van der Waals surface area contributed by atoms with Crippen LogP contribution in [-0.4, -0.2) is 33.4 Å². The van der Waals surface area contributed by atoms with Gasteiger partial charge in [0, 0.05) is 20.2 Å². The molecular weight excluding hydrogens is 496 g/mol. The van der Waals surface area contributed by atoms with Crippen LogP contribution in [0.4, 0.5) is 5.69 Å². The van der Waals surface area contributed by atoms with Crippen molar-refractivity contribution in [1.29, 1.82) is 0 Å². The molecule has 0 aliphatic rings. The van der Waals surface area contributed by atoms with Crippen LogP contribution in [0, 0.1) is 0 Å². The fraction of sp³-hybridized carbons (Fsp3) is 0.0833. The lowest BCUT2D eigenvalue weighted by Gasteiger charge is -2.11. The number of esters is 1. The van der Waals surface area contributed by atoms with Crippen molar-refractivity contribution >= 4 is 57.0 Å². The predicted molar refractivity (Wildman–Crippen MR) is 134 cm³/mol. The Hall–Kier alpha value is -3.11. The molecule has 176 valence electrons. The van der Waals surface area contributed by atoms with E-state index in [2.05, 4.69) is 10.0 Å². The van der Waals surface area contributed by atoms with Gasteiger partial charge < -0.3 is 10.1 Å². The Morgan fingerprint density at radius 1 is 0.941 bits per heavy atom. The summed E-state index contributed by atoms with van der Waals surface area (Å²) in [6, 6.07) is 23.3. The zero-order valence-electron chi connectivity index (χ0n) is 17.8. The smallest absolute Gasteiger partial charge is 0.321 e. The molecule has 0 aliphatic heterocycles. The first-order chi connectivity index (χ1) is 16.3. The lowest BCUT2D eigenvalue weighted by Crippen LogP contribution is -2.31. The minimum absolute atomic E-state index is 0.551. The quantitative estimate of drug-likeness (QED) is 0.383. The van der Waals surface area contributed by atoms with Crippen molar-refractivity contribution in [3.8, 4) is 0 Å². The molecule has 0 aromatic heterocycles. The van der Waals surface area contributed by atoms with Gasteiger partial charge in [0.1, 0.15) is 6.54 Å². The summed E-state index contributed by atoms with van der Waals surface area (Å²) in [5.41, 5.74) is 1.25. The molecule has 7 nitrogen and oxygen atoms in total. The van der Waals surface area contributed by atoms with E-state index >= 15 is 0 Å². The first-order valence-corrected chi connectivity index (χ1v) is 12.8. The highest BCUT2D eigenvalue weighted by molar-refractivity contribution is 7.99. The average molecular weight is 517 g/mol. The van der Waals surface area contributed by atoms with Gasteiger partial charge in [-0.2, -0.15) is 0 Å². The molecule has 0 aliphatic carbocycles. The second-order valence-electron chi connectivity index (χ2n) is 6.84. The minimum atomic E-state index is -3.84. The van der Waals surface area contributed by atoms with E-state index in [-0.39, 0.29) is 0 Å². The summed E-state index contributed by atoms with van der Waals surface area (Å²) >= 11 is 7.35. The molecule has 3 aromatic rings. The van der Waals surface area contributed by atoms with Crippen molar-refractivity contribution in [3.63, 3.8) is 0 Å². The van der Waals surface area contributed by atoms with Crippen LogP contribution in [0.3, 0.4) is 0 Å². The highest BCUT2D eigenvalue weighted by atomic mass is 35.5. The number of rotatable bonds is 10. The highest BCUT2D eigenvalue weighted by Gasteiger charge is 2.13. The number of hydrogen-bond acceptors (Lipinski definition) is 6. The van der Waals surface area contributed by atoms with Crippen LogP contribution < -0.4 is 10.0 Å². The van der Waals surface area contributed by atoms with Crippen LogP contribution in [0.1, 0.15) is 5.56 Å². The van der Waals surface area contributed by atoms with Gasteiger partial charge in [0.05, 0.1) is 5.69 Å². The molecule has 0 saturated carbocycles. The Labute approximate surface area is 207 Å². The van der Waals surface area contributed by atoms with Gasteiger partial charge in [-0.1, -0.05) is 65.8 Å². The maximum atomic E-state index is 12.3. The fourth-order valence-corrected chi connectivity index (χ4v) is 4.39. The van der Waals surface area contributed by atoms with Gasteiger partial charge in [-0.3, -0.25) is 9.59 Å². The molecule has 3 aromatic carbocycles. The fourth-order valence-electron chi connectivity index (χ4n) is 2.61. The average Bonchev–Trinajstić information content (AvgIpc) is 2.83. The summed E-state index contributed by atoms with van der Waals surface area (Å²) in [7, 11) is -3.84. The van der Waals surface area contributed by atoms with E-state index in [0.29, 0.717) is 16.3 Å². The van der Waals surface area contributed by atoms with Crippen LogP contribution in [-0.2, 0) is 24.3 Å². The Kier molecular flexibility index (Phi) is 9.29. The molecular formula is C24H21ClN2O5S2. The Morgan fingerprint density at radius 2 is 1.62 bits per heavy atom. The van der Waals surface area contributed by atoms with Crippen molar-refractivity contribution in [2.45, 2.75) is 9.79 Å². The molecule has 1 amide bonds. The molecule has 2 N–H and O–H groups in total. The van der Waals surface area contributed by atoms with Crippen LogP contribution >= 0.6 is 23.4 Å². The van der Waals surface area contributed by atoms with E-state index in [1.165, 1.54) is 17.8 Å². The normalized spacial score (nSPS) is 11.3. The van der Waals surface area contributed by atoms with Gasteiger partial charge in [0.25, 0.3) is 5.91 Å². The number of sulfonamides is 1. The van der Waals surface area contributed by atoms with Gasteiger partial charge in [-0.25, -0.2) is 13.1 Å². The minimum Gasteiger partial charge on any atom is -0.455 e. The molecule has 0 heterocycles. The van der Waals surface area contributed by atoms with Gasteiger partial charge in [0.15, 0.2) is 6.61 Å². The first kappa shape index (κ1) is 25.5. The number of para-hydroxylation sites is 1. The number of hydrogen-bond donors (Lipinski definition) is 2. The number of ether oxygens (including phenoxy) is 1. The third kappa shape index (κ3) is 8.68. The molecule has 0 unspecified atom stereocenters. The molecule has 3 rings (SSSR count). The van der Waals surface area contributed by atoms with Crippen LogP contribution in [0.5, 0.6) is 0 Å². The number of halogens is 1. The Bertz CT molecular complexity index is 1260. The number of benzene rings is 3. The van der Waals surface area contributed by atoms with E-state index < -0.39 is 35.1 Å². The lowest BCUT2D eigenvalue weighted by atomic mass is 10.2. The molecule has 0 saturated heterocycles. The van der Waals surface area contributed by atoms with Crippen molar-refractivity contribution in [3.05, 3.63) is 94.9 Å². The number of anilines is 1.